The van der Waals surface area contributed by atoms with Crippen LogP contribution in [0.25, 0.3) is 0 Å². The van der Waals surface area contributed by atoms with Crippen LogP contribution in [0.3, 0.4) is 0 Å². The van der Waals surface area contributed by atoms with Crippen LogP contribution in [-0.4, -0.2) is 31.5 Å². The van der Waals surface area contributed by atoms with Gasteiger partial charge in [-0.05, 0) is 36.6 Å². The normalized spacial score (nSPS) is 10.1. The van der Waals surface area contributed by atoms with E-state index in [1.165, 1.54) is 7.11 Å². The maximum absolute atomic E-state index is 12.0. The van der Waals surface area contributed by atoms with Crippen LogP contribution in [0.15, 0.2) is 48.5 Å². The molecule has 2 amide bonds. The lowest BCUT2D eigenvalue weighted by Gasteiger charge is -2.10. The van der Waals surface area contributed by atoms with Crippen LogP contribution in [0.5, 0.6) is 5.75 Å². The molecule has 0 saturated heterocycles. The molecule has 0 aliphatic rings. The zero-order valence-corrected chi connectivity index (χ0v) is 16.7. The topological polar surface area (TPSA) is 93.7 Å². The first-order valence-corrected chi connectivity index (χ1v) is 9.49. The Morgan fingerprint density at radius 1 is 0.931 bits per heavy atom. The number of aryl methyl sites for hydroxylation is 1. The van der Waals surface area contributed by atoms with Crippen LogP contribution in [0, 0.1) is 0 Å². The minimum absolute atomic E-state index is 0.0648. The second-order valence-electron chi connectivity index (χ2n) is 6.35. The first-order chi connectivity index (χ1) is 14.0. The van der Waals surface area contributed by atoms with E-state index in [1.807, 2.05) is 31.2 Å². The third-order valence-electron chi connectivity index (χ3n) is 4.17. The fourth-order valence-corrected chi connectivity index (χ4v) is 2.67. The van der Waals surface area contributed by atoms with E-state index in [1.54, 1.807) is 24.3 Å². The fraction of sp³-hybridized carbons (Fsp3) is 0.318. The molecule has 7 heteroatoms. The van der Waals surface area contributed by atoms with Crippen molar-refractivity contribution in [3.8, 4) is 5.75 Å². The van der Waals surface area contributed by atoms with Crippen molar-refractivity contribution in [2.75, 3.05) is 24.4 Å². The van der Waals surface area contributed by atoms with Crippen molar-refractivity contribution in [1.82, 2.24) is 0 Å². The van der Waals surface area contributed by atoms with E-state index in [9.17, 15) is 14.4 Å². The van der Waals surface area contributed by atoms with Gasteiger partial charge in [-0.1, -0.05) is 31.2 Å². The molecule has 0 heterocycles. The smallest absolute Gasteiger partial charge is 0.306 e. The summed E-state index contributed by atoms with van der Waals surface area (Å²) in [6, 6.07) is 14.5. The zero-order chi connectivity index (χ0) is 21.1. The molecule has 2 aromatic carbocycles. The van der Waals surface area contributed by atoms with Crippen LogP contribution < -0.4 is 15.4 Å². The van der Waals surface area contributed by atoms with E-state index in [-0.39, 0.29) is 25.4 Å². The number of rotatable bonds is 10. The average molecular weight is 398 g/mol. The SMILES string of the molecule is CCc1ccccc1NC(=O)CCCC(=O)OCC(=O)Nc1cccc(OC)c1. The van der Waals surface area contributed by atoms with Crippen molar-refractivity contribution in [2.45, 2.75) is 32.6 Å². The summed E-state index contributed by atoms with van der Waals surface area (Å²) in [6.07, 6.45) is 1.43. The second-order valence-corrected chi connectivity index (χ2v) is 6.35. The third kappa shape index (κ3) is 7.65. The van der Waals surface area contributed by atoms with Crippen molar-refractivity contribution < 1.29 is 23.9 Å². The number of methoxy groups -OCH3 is 1. The molecule has 0 fully saturated rings. The molecule has 0 aliphatic carbocycles. The number of anilines is 2. The Balaban J connectivity index is 1.66. The van der Waals surface area contributed by atoms with Gasteiger partial charge < -0.3 is 20.1 Å². The standard InChI is InChI=1S/C22H26N2O5/c1-3-16-8-4-5-11-19(16)24-20(25)12-7-13-22(27)29-15-21(26)23-17-9-6-10-18(14-17)28-2/h4-6,8-11,14H,3,7,12-13,15H2,1-2H3,(H,23,26)(H,24,25). The van der Waals surface area contributed by atoms with Gasteiger partial charge in [0.05, 0.1) is 7.11 Å². The van der Waals surface area contributed by atoms with Crippen molar-refractivity contribution >= 4 is 29.2 Å². The number of para-hydroxylation sites is 1. The van der Waals surface area contributed by atoms with Crippen LogP contribution in [0.1, 0.15) is 31.7 Å². The Morgan fingerprint density at radius 2 is 1.72 bits per heavy atom. The molecule has 154 valence electrons. The average Bonchev–Trinajstić information content (AvgIpc) is 2.72. The van der Waals surface area contributed by atoms with Crippen LogP contribution in [-0.2, 0) is 25.5 Å². The maximum Gasteiger partial charge on any atom is 0.306 e. The molecule has 0 unspecified atom stereocenters. The number of benzene rings is 2. The van der Waals surface area contributed by atoms with E-state index in [4.69, 9.17) is 9.47 Å². The van der Waals surface area contributed by atoms with Gasteiger partial charge in [-0.3, -0.25) is 14.4 Å². The number of amides is 2. The highest BCUT2D eigenvalue weighted by Gasteiger charge is 2.11. The van der Waals surface area contributed by atoms with E-state index in [0.717, 1.165) is 17.7 Å². The maximum atomic E-state index is 12.0. The van der Waals surface area contributed by atoms with Gasteiger partial charge in [0.2, 0.25) is 5.91 Å². The number of nitrogens with one attached hydrogen (secondary N) is 2. The van der Waals surface area contributed by atoms with E-state index < -0.39 is 11.9 Å². The largest absolute Gasteiger partial charge is 0.497 e. The Bertz CT molecular complexity index is 851. The second kappa shape index (κ2) is 11.5. The molecule has 0 saturated carbocycles. The van der Waals surface area contributed by atoms with Gasteiger partial charge in [0.1, 0.15) is 5.75 Å². The van der Waals surface area contributed by atoms with Gasteiger partial charge in [-0.2, -0.15) is 0 Å². The molecule has 0 atom stereocenters. The molecule has 0 aliphatic heterocycles. The predicted octanol–water partition coefficient (Wildman–Crippen LogP) is 3.55. The molecule has 2 aromatic rings. The van der Waals surface area contributed by atoms with Crippen LogP contribution >= 0.6 is 0 Å². The molecule has 29 heavy (non-hydrogen) atoms. The molecular formula is C22H26N2O5. The fourth-order valence-electron chi connectivity index (χ4n) is 2.67. The third-order valence-corrected chi connectivity index (χ3v) is 4.17. The van der Waals surface area contributed by atoms with Gasteiger partial charge in [0, 0.05) is 30.3 Å². The molecule has 0 spiro atoms. The lowest BCUT2D eigenvalue weighted by Crippen LogP contribution is -2.21. The summed E-state index contributed by atoms with van der Waals surface area (Å²) in [5.74, 6) is -0.512. The quantitative estimate of drug-likeness (QED) is 0.597. The first-order valence-electron chi connectivity index (χ1n) is 9.49. The highest BCUT2D eigenvalue weighted by Crippen LogP contribution is 2.17. The Hall–Kier alpha value is -3.35. The van der Waals surface area contributed by atoms with Crippen molar-refractivity contribution in [2.24, 2.45) is 0 Å². The van der Waals surface area contributed by atoms with Gasteiger partial charge in [0.25, 0.3) is 5.91 Å². The number of carbonyl (C=O) groups excluding carboxylic acids is 3. The van der Waals surface area contributed by atoms with E-state index in [2.05, 4.69) is 10.6 Å². The summed E-state index contributed by atoms with van der Waals surface area (Å²) in [4.78, 5) is 35.7. The summed E-state index contributed by atoms with van der Waals surface area (Å²) in [7, 11) is 1.53. The number of hydrogen-bond acceptors (Lipinski definition) is 5. The monoisotopic (exact) mass is 398 g/mol. The van der Waals surface area contributed by atoms with Crippen LogP contribution in [0.2, 0.25) is 0 Å². The van der Waals surface area contributed by atoms with E-state index in [0.29, 0.717) is 17.9 Å². The summed E-state index contributed by atoms with van der Waals surface area (Å²) < 4.78 is 10.0. The summed E-state index contributed by atoms with van der Waals surface area (Å²) >= 11 is 0. The summed E-state index contributed by atoms with van der Waals surface area (Å²) in [5.41, 5.74) is 2.40. The molecule has 2 rings (SSSR count). The Kier molecular flexibility index (Phi) is 8.69. The molecule has 7 nitrogen and oxygen atoms in total. The summed E-state index contributed by atoms with van der Waals surface area (Å²) in [6.45, 7) is 1.64. The highest BCUT2D eigenvalue weighted by atomic mass is 16.5. The van der Waals surface area contributed by atoms with E-state index >= 15 is 0 Å². The minimum atomic E-state index is -0.521. The first kappa shape index (κ1) is 21.9. The van der Waals surface area contributed by atoms with Gasteiger partial charge in [-0.25, -0.2) is 0 Å². The lowest BCUT2D eigenvalue weighted by molar-refractivity contribution is -0.147. The summed E-state index contributed by atoms with van der Waals surface area (Å²) in [5, 5.41) is 5.48. The Morgan fingerprint density at radius 3 is 2.48 bits per heavy atom. The zero-order valence-electron chi connectivity index (χ0n) is 16.7. The number of carbonyl (C=O) groups is 3. The van der Waals surface area contributed by atoms with Gasteiger partial charge in [0.15, 0.2) is 6.61 Å². The molecular weight excluding hydrogens is 372 g/mol. The number of esters is 1. The molecule has 2 N–H and O–H groups in total. The lowest BCUT2D eigenvalue weighted by atomic mass is 10.1. The Labute approximate surface area is 170 Å². The van der Waals surface area contributed by atoms with Gasteiger partial charge >= 0.3 is 5.97 Å². The van der Waals surface area contributed by atoms with Crippen LogP contribution in [0.4, 0.5) is 11.4 Å². The van der Waals surface area contributed by atoms with Crippen molar-refractivity contribution in [1.29, 1.82) is 0 Å². The molecule has 0 aromatic heterocycles. The van der Waals surface area contributed by atoms with Crippen molar-refractivity contribution in [3.05, 3.63) is 54.1 Å². The molecule has 0 radical (unpaired) electrons. The van der Waals surface area contributed by atoms with Crippen molar-refractivity contribution in [3.63, 3.8) is 0 Å². The van der Waals surface area contributed by atoms with Gasteiger partial charge in [-0.15, -0.1) is 0 Å². The molecule has 0 bridgehead atoms. The minimum Gasteiger partial charge on any atom is -0.497 e. The number of hydrogen-bond donors (Lipinski definition) is 2. The highest BCUT2D eigenvalue weighted by molar-refractivity contribution is 5.93. The number of ether oxygens (including phenoxy) is 2. The predicted molar refractivity (Wildman–Crippen MR) is 111 cm³/mol.